The van der Waals surface area contributed by atoms with Crippen LogP contribution >= 0.6 is 11.6 Å². The van der Waals surface area contributed by atoms with Gasteiger partial charge in [-0.1, -0.05) is 48.0 Å². The number of hydrogen-bond acceptors (Lipinski definition) is 5. The lowest BCUT2D eigenvalue weighted by Crippen LogP contribution is -2.82. The summed E-state index contributed by atoms with van der Waals surface area (Å²) < 4.78 is 37.3. The van der Waals surface area contributed by atoms with Crippen molar-refractivity contribution in [3.8, 4) is 0 Å². The molecule has 1 unspecified atom stereocenters. The van der Waals surface area contributed by atoms with E-state index in [0.29, 0.717) is 28.9 Å². The quantitative estimate of drug-likeness (QED) is 0.541. The number of alkyl halides is 3. The molecule has 11 heteroatoms. The smallest absolute Gasteiger partial charge is 0.430 e. The van der Waals surface area contributed by atoms with E-state index in [0.717, 1.165) is 83.5 Å². The number of hydrogen-bond donors (Lipinski definition) is 1. The van der Waals surface area contributed by atoms with Crippen LogP contribution < -0.4 is 10.4 Å². The molecule has 1 aromatic carbocycles. The second-order valence-corrected chi connectivity index (χ2v) is 12.3. The Morgan fingerprint density at radius 2 is 1.81 bits per heavy atom. The topological polar surface area (TPSA) is 99.2 Å². The molecule has 4 heterocycles. The summed E-state index contributed by atoms with van der Waals surface area (Å²) in [4.78, 5) is 30.3. The lowest BCUT2D eigenvalue weighted by molar-refractivity contribution is -0.640. The van der Waals surface area contributed by atoms with Gasteiger partial charge in [0.15, 0.2) is 0 Å². The van der Waals surface area contributed by atoms with Gasteiger partial charge < -0.3 is 24.9 Å². The summed E-state index contributed by atoms with van der Waals surface area (Å²) in [5, 5.41) is 11.7. The van der Waals surface area contributed by atoms with Crippen LogP contribution in [0.2, 0.25) is 5.15 Å². The summed E-state index contributed by atoms with van der Waals surface area (Å²) in [6, 6.07) is 15.3. The summed E-state index contributed by atoms with van der Waals surface area (Å²) in [6.45, 7) is 4.35. The summed E-state index contributed by atoms with van der Waals surface area (Å²) in [7, 11) is 0. The fourth-order valence-corrected chi connectivity index (χ4v) is 7.82. The number of pyridine rings is 1. The van der Waals surface area contributed by atoms with Crippen LogP contribution in [0.5, 0.6) is 0 Å². The Morgan fingerprint density at radius 3 is 2.50 bits per heavy atom. The molecule has 7 nitrogen and oxygen atoms in total. The normalized spacial score (nSPS) is 28.1. The number of nitrogens with two attached hydrogens (primary N) is 1. The molecule has 3 fully saturated rings. The molecule has 1 spiro atoms. The van der Waals surface area contributed by atoms with E-state index in [1.165, 1.54) is 11.1 Å². The molecular weight excluding hydrogens is 571 g/mol. The molecule has 1 amide bonds. The van der Waals surface area contributed by atoms with Crippen molar-refractivity contribution >= 4 is 23.5 Å². The highest BCUT2D eigenvalue weighted by atomic mass is 35.5. The highest BCUT2D eigenvalue weighted by Crippen LogP contribution is 2.46. The van der Waals surface area contributed by atoms with Crippen molar-refractivity contribution in [1.82, 2.24) is 9.88 Å². The first-order valence-corrected chi connectivity index (χ1v) is 15.2. The van der Waals surface area contributed by atoms with Crippen LogP contribution in [0.3, 0.4) is 0 Å². The Morgan fingerprint density at radius 1 is 1.10 bits per heavy atom. The maximum atomic E-state index is 14.5. The predicted molar refractivity (Wildman–Crippen MR) is 148 cm³/mol. The van der Waals surface area contributed by atoms with Gasteiger partial charge in [-0.25, -0.2) is 4.98 Å². The summed E-state index contributed by atoms with van der Waals surface area (Å²) >= 11 is 6.26. The third-order valence-electron chi connectivity index (χ3n) is 9.63. The van der Waals surface area contributed by atoms with Gasteiger partial charge in [0.25, 0.3) is 0 Å². The fraction of sp³-hybridized carbons (Fsp3) is 0.581. The molecule has 0 bridgehead atoms. The molecule has 4 aliphatic rings. The minimum atomic E-state index is -5.19. The summed E-state index contributed by atoms with van der Waals surface area (Å²) in [5.74, 6) is -1.56. The average Bonchev–Trinajstić information content (AvgIpc) is 3.41. The third kappa shape index (κ3) is 6.45. The Hall–Kier alpha value is -2.69. The number of nitrogens with zero attached hydrogens (tertiary/aromatic N) is 2. The molecule has 3 saturated heterocycles. The van der Waals surface area contributed by atoms with Crippen LogP contribution in [0.1, 0.15) is 61.3 Å². The van der Waals surface area contributed by atoms with E-state index >= 15 is 0 Å². The number of ether oxygens (including phenoxy) is 1. The number of rotatable bonds is 3. The summed E-state index contributed by atoms with van der Waals surface area (Å²) in [5.41, 5.74) is 3.70. The number of aromatic nitrogens is 1. The number of halogens is 4. The number of benzene rings is 1. The molecule has 3 aliphatic heterocycles. The molecule has 1 aliphatic carbocycles. The average molecular weight is 608 g/mol. The van der Waals surface area contributed by atoms with Crippen LogP contribution in [-0.2, 0) is 26.2 Å². The highest BCUT2D eigenvalue weighted by molar-refractivity contribution is 6.29. The van der Waals surface area contributed by atoms with Crippen LogP contribution in [0.4, 0.5) is 13.2 Å². The number of fused-ring (bicyclic) bond motifs is 2. The van der Waals surface area contributed by atoms with E-state index in [-0.39, 0.29) is 11.3 Å². The zero-order valence-corrected chi connectivity index (χ0v) is 24.2. The molecule has 2 N–H and O–H groups in total. The molecule has 1 aromatic heterocycles. The Kier molecular flexibility index (Phi) is 9.44. The second kappa shape index (κ2) is 12.9. The lowest BCUT2D eigenvalue weighted by atomic mass is 9.65. The van der Waals surface area contributed by atoms with Crippen LogP contribution in [0, 0.1) is 11.8 Å². The number of likely N-dealkylation sites (tertiary alicyclic amines) is 1. The van der Waals surface area contributed by atoms with Crippen LogP contribution in [0.15, 0.2) is 42.5 Å². The Balaban J connectivity index is 0.000000451. The van der Waals surface area contributed by atoms with Gasteiger partial charge in [-0.3, -0.25) is 4.79 Å². The van der Waals surface area contributed by atoms with Gasteiger partial charge in [-0.2, -0.15) is 13.2 Å². The number of aryl methyl sites for hydroxylation is 1. The number of carboxylic acid groups (broad SMARTS) is 1. The minimum absolute atomic E-state index is 0.0140. The number of quaternary nitrogens is 1. The van der Waals surface area contributed by atoms with Gasteiger partial charge in [-0.05, 0) is 74.0 Å². The Bertz CT molecular complexity index is 1260. The SMILES string of the molecule is O=C([C@@H]1C[NH2+]C[C@]12CCCc1nc(Cl)ccc12)N1CC[C@@H](c2ccccc2)CC1C1CCOCC1.O=C([O-])C(F)(F)F. The van der Waals surface area contributed by atoms with Gasteiger partial charge in [0.1, 0.15) is 17.0 Å². The number of piperidine rings is 1. The van der Waals surface area contributed by atoms with Gasteiger partial charge >= 0.3 is 6.18 Å². The van der Waals surface area contributed by atoms with Crippen molar-refractivity contribution in [2.75, 3.05) is 32.8 Å². The van der Waals surface area contributed by atoms with E-state index in [1.807, 2.05) is 6.07 Å². The largest absolute Gasteiger partial charge is 0.542 e. The molecule has 0 saturated carbocycles. The van der Waals surface area contributed by atoms with Crippen molar-refractivity contribution in [2.45, 2.75) is 68.5 Å². The van der Waals surface area contributed by atoms with Crippen LogP contribution in [-0.4, -0.2) is 66.8 Å². The van der Waals surface area contributed by atoms with Gasteiger partial charge in [0, 0.05) is 31.5 Å². The first-order valence-electron chi connectivity index (χ1n) is 14.8. The third-order valence-corrected chi connectivity index (χ3v) is 9.84. The molecule has 0 radical (unpaired) electrons. The van der Waals surface area contributed by atoms with Crippen molar-refractivity contribution in [1.29, 1.82) is 0 Å². The monoisotopic (exact) mass is 607 g/mol. The highest BCUT2D eigenvalue weighted by Gasteiger charge is 2.55. The van der Waals surface area contributed by atoms with Gasteiger partial charge in [0.05, 0.1) is 18.5 Å². The minimum Gasteiger partial charge on any atom is -0.542 e. The first kappa shape index (κ1) is 30.8. The number of carbonyl (C=O) groups is 2. The first-order chi connectivity index (χ1) is 20.1. The number of carboxylic acids is 1. The summed E-state index contributed by atoms with van der Waals surface area (Å²) in [6.07, 6.45) is 2.15. The molecule has 6 rings (SSSR count). The molecule has 228 valence electrons. The van der Waals surface area contributed by atoms with E-state index in [2.05, 4.69) is 51.6 Å². The lowest BCUT2D eigenvalue weighted by Gasteiger charge is -2.47. The molecule has 2 aromatic rings. The van der Waals surface area contributed by atoms with Crippen molar-refractivity contribution < 1.29 is 37.9 Å². The predicted octanol–water partition coefficient (Wildman–Crippen LogP) is 3.00. The van der Waals surface area contributed by atoms with Crippen molar-refractivity contribution in [3.05, 3.63) is 64.4 Å². The van der Waals surface area contributed by atoms with E-state index in [1.54, 1.807) is 0 Å². The standard InChI is InChI=1S/C29H36ClN3O2.C2HF3O2/c30-27-9-8-23-25(32-27)7-4-13-29(23)19-31-18-24(29)28(34)33-14-10-22(20-5-2-1-3-6-20)17-26(33)21-11-15-35-16-12-21;3-2(4,5)1(6)7/h1-3,5-6,8-9,21-22,24,26,31H,4,7,10-19H2;(H,6,7)/t22-,24+,26?,29+;/m1./s1. The van der Waals surface area contributed by atoms with Gasteiger partial charge in [-0.15, -0.1) is 0 Å². The molecular formula is C31H37ClF3N3O4. The second-order valence-electron chi connectivity index (χ2n) is 11.9. The Labute approximate surface area is 248 Å². The fourth-order valence-electron chi connectivity index (χ4n) is 7.66. The maximum absolute atomic E-state index is 14.5. The maximum Gasteiger partial charge on any atom is 0.430 e. The van der Waals surface area contributed by atoms with E-state index in [4.69, 9.17) is 26.2 Å². The van der Waals surface area contributed by atoms with E-state index in [9.17, 15) is 18.0 Å². The number of aliphatic carboxylic acids is 1. The van der Waals surface area contributed by atoms with Gasteiger partial charge in [0.2, 0.25) is 5.91 Å². The number of amides is 1. The van der Waals surface area contributed by atoms with Crippen molar-refractivity contribution in [2.24, 2.45) is 11.8 Å². The molecule has 42 heavy (non-hydrogen) atoms. The molecule has 4 atom stereocenters. The number of carbonyl (C=O) groups excluding carboxylic acids is 2. The zero-order valence-electron chi connectivity index (χ0n) is 23.5. The van der Waals surface area contributed by atoms with Crippen LogP contribution in [0.25, 0.3) is 0 Å². The van der Waals surface area contributed by atoms with E-state index < -0.39 is 12.1 Å². The zero-order chi connectivity index (χ0) is 29.9. The van der Waals surface area contributed by atoms with Crippen molar-refractivity contribution in [3.63, 3.8) is 0 Å².